The number of fused-ring (bicyclic) bond motifs is 2. The third kappa shape index (κ3) is 5.44. The Labute approximate surface area is 229 Å². The van der Waals surface area contributed by atoms with E-state index in [0.29, 0.717) is 36.8 Å². The van der Waals surface area contributed by atoms with Gasteiger partial charge in [-0.15, -0.1) is 11.3 Å². The van der Waals surface area contributed by atoms with Crippen LogP contribution in [0.1, 0.15) is 39.7 Å². The van der Waals surface area contributed by atoms with Gasteiger partial charge in [-0.1, -0.05) is 12.1 Å². The highest BCUT2D eigenvalue weighted by Crippen LogP contribution is 2.35. The minimum Gasteiger partial charge on any atom is -0.488 e. The van der Waals surface area contributed by atoms with Gasteiger partial charge in [-0.2, -0.15) is 0 Å². The molecule has 4 heterocycles. The number of hydrogen-bond donors (Lipinski definition) is 0. The lowest BCUT2D eigenvalue weighted by atomic mass is 10.00. The molecule has 3 aliphatic heterocycles. The van der Waals surface area contributed by atoms with Crippen LogP contribution in [0.4, 0.5) is 4.39 Å². The molecule has 39 heavy (non-hydrogen) atoms. The Morgan fingerprint density at radius 3 is 2.85 bits per heavy atom. The van der Waals surface area contributed by atoms with Gasteiger partial charge in [0.25, 0.3) is 5.91 Å². The van der Waals surface area contributed by atoms with Crippen molar-refractivity contribution in [1.82, 2.24) is 9.80 Å². The third-order valence-electron chi connectivity index (χ3n) is 7.33. The lowest BCUT2D eigenvalue weighted by Crippen LogP contribution is -2.49. The summed E-state index contributed by atoms with van der Waals surface area (Å²) in [6.45, 7) is 1.56. The molecule has 2 aromatic carbocycles. The van der Waals surface area contributed by atoms with Crippen molar-refractivity contribution < 1.29 is 32.9 Å². The van der Waals surface area contributed by atoms with Crippen molar-refractivity contribution in [1.29, 1.82) is 0 Å². The molecule has 2 atom stereocenters. The highest BCUT2D eigenvalue weighted by molar-refractivity contribution is 7.10. The van der Waals surface area contributed by atoms with Crippen molar-refractivity contribution in [3.63, 3.8) is 0 Å². The van der Waals surface area contributed by atoms with Crippen LogP contribution < -0.4 is 14.2 Å². The predicted octanol–water partition coefficient (Wildman–Crippen LogP) is 4.44. The monoisotopic (exact) mass is 552 g/mol. The Balaban J connectivity index is 1.22. The second-order valence-corrected chi connectivity index (χ2v) is 10.8. The summed E-state index contributed by atoms with van der Waals surface area (Å²) < 4.78 is 36.8. The van der Waals surface area contributed by atoms with Gasteiger partial charge in [-0.3, -0.25) is 9.59 Å². The topological polar surface area (TPSA) is 77.5 Å². The van der Waals surface area contributed by atoms with Crippen LogP contribution in [0.15, 0.2) is 53.9 Å². The molecule has 3 aliphatic rings. The standard InChI is InChI=1S/C29H29FN2O6S/c30-22-5-1-2-6-24(22)36-17-23-21-10-13-39-27(21)9-11-32(23)28(33)16-31(15-20-4-3-12-35-20)29(34)19-7-8-25-26(14-19)38-18-37-25/h1-2,5-8,10,13-14,20,23H,3-4,9,11-12,15-18H2/t20-,23+/m1/s1. The smallest absolute Gasteiger partial charge is 0.254 e. The third-order valence-corrected chi connectivity index (χ3v) is 8.33. The van der Waals surface area contributed by atoms with E-state index in [1.807, 2.05) is 11.4 Å². The zero-order chi connectivity index (χ0) is 26.8. The number of benzene rings is 2. The van der Waals surface area contributed by atoms with Crippen molar-refractivity contribution in [3.8, 4) is 17.2 Å². The summed E-state index contributed by atoms with van der Waals surface area (Å²) in [4.78, 5) is 32.0. The first-order chi connectivity index (χ1) is 19.1. The normalized spacial score (nSPS) is 19.6. The van der Waals surface area contributed by atoms with Gasteiger partial charge in [0.2, 0.25) is 12.7 Å². The Bertz CT molecular complexity index is 1360. The molecule has 0 unspecified atom stereocenters. The Kier molecular flexibility index (Phi) is 7.38. The summed E-state index contributed by atoms with van der Waals surface area (Å²) in [5.74, 6) is 0.325. The summed E-state index contributed by atoms with van der Waals surface area (Å²) in [5.41, 5.74) is 1.42. The molecule has 8 nitrogen and oxygen atoms in total. The van der Waals surface area contributed by atoms with Crippen LogP contribution >= 0.6 is 11.3 Å². The first kappa shape index (κ1) is 25.6. The lowest BCUT2D eigenvalue weighted by Gasteiger charge is -2.37. The fraction of sp³-hybridized carbons (Fsp3) is 0.379. The number of hydrogen-bond acceptors (Lipinski definition) is 7. The number of para-hydroxylation sites is 1. The van der Waals surface area contributed by atoms with Gasteiger partial charge in [0.05, 0.1) is 12.1 Å². The van der Waals surface area contributed by atoms with Crippen LogP contribution in [-0.2, 0) is 16.0 Å². The fourth-order valence-electron chi connectivity index (χ4n) is 5.32. The van der Waals surface area contributed by atoms with E-state index in [-0.39, 0.29) is 43.6 Å². The maximum Gasteiger partial charge on any atom is 0.254 e. The molecule has 1 fully saturated rings. The zero-order valence-electron chi connectivity index (χ0n) is 21.3. The molecular weight excluding hydrogens is 523 g/mol. The molecule has 0 aliphatic carbocycles. The largest absolute Gasteiger partial charge is 0.488 e. The first-order valence-electron chi connectivity index (χ1n) is 13.1. The number of halogens is 1. The van der Waals surface area contributed by atoms with E-state index in [2.05, 4.69) is 0 Å². The summed E-state index contributed by atoms with van der Waals surface area (Å²) in [6.07, 6.45) is 2.35. The second-order valence-electron chi connectivity index (χ2n) is 9.78. The number of rotatable bonds is 8. The van der Waals surface area contributed by atoms with Crippen LogP contribution in [0.3, 0.4) is 0 Å². The van der Waals surface area contributed by atoms with E-state index in [4.69, 9.17) is 18.9 Å². The molecule has 0 bridgehead atoms. The summed E-state index contributed by atoms with van der Waals surface area (Å²) in [7, 11) is 0. The van der Waals surface area contributed by atoms with Crippen LogP contribution in [0.2, 0.25) is 0 Å². The number of amides is 2. The highest BCUT2D eigenvalue weighted by atomic mass is 32.1. The van der Waals surface area contributed by atoms with E-state index >= 15 is 0 Å². The molecule has 3 aromatic rings. The first-order valence-corrected chi connectivity index (χ1v) is 14.0. The lowest BCUT2D eigenvalue weighted by molar-refractivity contribution is -0.135. The number of carbonyl (C=O) groups is 2. The minimum atomic E-state index is -0.450. The summed E-state index contributed by atoms with van der Waals surface area (Å²) in [5, 5.41) is 2.00. The van der Waals surface area contributed by atoms with Gasteiger partial charge in [-0.25, -0.2) is 4.39 Å². The van der Waals surface area contributed by atoms with Crippen molar-refractivity contribution in [2.24, 2.45) is 0 Å². The molecule has 0 N–H and O–H groups in total. The molecule has 204 valence electrons. The van der Waals surface area contributed by atoms with Crippen molar-refractivity contribution in [3.05, 3.63) is 75.7 Å². The van der Waals surface area contributed by atoms with Crippen LogP contribution in [0, 0.1) is 5.82 Å². The molecule has 6 rings (SSSR count). The van der Waals surface area contributed by atoms with Crippen LogP contribution in [0.25, 0.3) is 0 Å². The van der Waals surface area contributed by atoms with Gasteiger partial charge in [0, 0.05) is 30.1 Å². The molecule has 0 radical (unpaired) electrons. The van der Waals surface area contributed by atoms with E-state index in [1.54, 1.807) is 57.5 Å². The van der Waals surface area contributed by atoms with Gasteiger partial charge in [0.1, 0.15) is 13.2 Å². The van der Waals surface area contributed by atoms with Crippen molar-refractivity contribution in [2.45, 2.75) is 31.4 Å². The molecule has 2 amide bonds. The van der Waals surface area contributed by atoms with Crippen molar-refractivity contribution >= 4 is 23.2 Å². The molecular formula is C29H29FN2O6S. The molecule has 1 aromatic heterocycles. The minimum absolute atomic E-state index is 0.108. The molecule has 0 spiro atoms. The van der Waals surface area contributed by atoms with E-state index in [9.17, 15) is 14.0 Å². The highest BCUT2D eigenvalue weighted by Gasteiger charge is 2.35. The molecule has 0 saturated carbocycles. The quantitative estimate of drug-likeness (QED) is 0.411. The van der Waals surface area contributed by atoms with Gasteiger partial charge < -0.3 is 28.7 Å². The number of thiophene rings is 1. The Morgan fingerprint density at radius 1 is 1.13 bits per heavy atom. The Morgan fingerprint density at radius 2 is 2.00 bits per heavy atom. The second kappa shape index (κ2) is 11.2. The maximum atomic E-state index is 14.3. The molecule has 1 saturated heterocycles. The average molecular weight is 553 g/mol. The predicted molar refractivity (Wildman–Crippen MR) is 142 cm³/mol. The van der Waals surface area contributed by atoms with Gasteiger partial charge in [0.15, 0.2) is 23.1 Å². The Hall–Kier alpha value is -3.63. The van der Waals surface area contributed by atoms with Gasteiger partial charge in [-0.05, 0) is 66.6 Å². The average Bonchev–Trinajstić information content (AvgIpc) is 3.73. The zero-order valence-corrected chi connectivity index (χ0v) is 22.2. The molecule has 10 heteroatoms. The van der Waals surface area contributed by atoms with Crippen LogP contribution in [-0.4, -0.2) is 67.4 Å². The van der Waals surface area contributed by atoms with Crippen LogP contribution in [0.5, 0.6) is 17.2 Å². The maximum absolute atomic E-state index is 14.3. The van der Waals surface area contributed by atoms with E-state index in [0.717, 1.165) is 24.8 Å². The van der Waals surface area contributed by atoms with Gasteiger partial charge >= 0.3 is 0 Å². The summed E-state index contributed by atoms with van der Waals surface area (Å²) in [6, 6.07) is 12.9. The van der Waals surface area contributed by atoms with Crippen molar-refractivity contribution in [2.75, 3.05) is 39.6 Å². The van der Waals surface area contributed by atoms with E-state index in [1.165, 1.54) is 10.9 Å². The number of carbonyl (C=O) groups excluding carboxylic acids is 2. The number of ether oxygens (including phenoxy) is 4. The number of nitrogens with zero attached hydrogens (tertiary/aromatic N) is 2. The SMILES string of the molecule is O=C(c1ccc2c(c1)OCO2)N(CC(=O)N1CCc2sccc2[C@@H]1COc1ccccc1F)C[C@H]1CCCO1. The fourth-order valence-corrected chi connectivity index (χ4v) is 6.25. The summed E-state index contributed by atoms with van der Waals surface area (Å²) >= 11 is 1.64. The van der Waals surface area contributed by atoms with E-state index < -0.39 is 11.9 Å².